The number of carbonyl (C=O) groups is 3. The summed E-state index contributed by atoms with van der Waals surface area (Å²) in [5, 5.41) is 0. The van der Waals surface area contributed by atoms with Crippen LogP contribution in [0.4, 0.5) is 10.5 Å². The Kier molecular flexibility index (Phi) is 8.86. The summed E-state index contributed by atoms with van der Waals surface area (Å²) in [6.45, 7) is 6.87. The Balaban J connectivity index is 3.40. The number of amides is 3. The molecule has 0 unspecified atom stereocenters. The number of anilines is 1. The third-order valence-electron chi connectivity index (χ3n) is 4.37. The molecule has 0 aliphatic carbocycles. The van der Waals surface area contributed by atoms with Gasteiger partial charge in [-0.2, -0.15) is 16.6 Å². The first-order valence-corrected chi connectivity index (χ1v) is 11.0. The maximum atomic E-state index is 13.6. The van der Waals surface area contributed by atoms with Gasteiger partial charge >= 0.3 is 6.09 Å². The summed E-state index contributed by atoms with van der Waals surface area (Å²) in [6.07, 6.45) is 1.80. The highest BCUT2D eigenvalue weighted by Gasteiger charge is 2.47. The number of quaternary nitrogens is 1. The van der Waals surface area contributed by atoms with E-state index in [0.29, 0.717) is 17.9 Å². The van der Waals surface area contributed by atoms with Gasteiger partial charge in [0.15, 0.2) is 6.04 Å². The van der Waals surface area contributed by atoms with Crippen molar-refractivity contribution in [1.29, 1.82) is 0 Å². The van der Waals surface area contributed by atoms with Gasteiger partial charge in [-0.15, -0.1) is 0 Å². The minimum Gasteiger partial charge on any atom is -0.414 e. The van der Waals surface area contributed by atoms with Crippen LogP contribution in [0.1, 0.15) is 34.1 Å². The van der Waals surface area contributed by atoms with Crippen LogP contribution in [-0.4, -0.2) is 66.2 Å². The van der Waals surface area contributed by atoms with E-state index in [-0.39, 0.29) is 4.48 Å². The van der Waals surface area contributed by atoms with E-state index in [1.54, 1.807) is 77.0 Å². The van der Waals surface area contributed by atoms with E-state index in [1.807, 2.05) is 6.26 Å². The van der Waals surface area contributed by atoms with Gasteiger partial charge in [-0.3, -0.25) is 9.59 Å². The molecule has 1 aromatic carbocycles. The van der Waals surface area contributed by atoms with Crippen LogP contribution in [0.2, 0.25) is 0 Å². The number of hydrogen-bond acceptors (Lipinski definition) is 6. The summed E-state index contributed by atoms with van der Waals surface area (Å²) < 4.78 is 5.23. The van der Waals surface area contributed by atoms with E-state index in [4.69, 9.17) is 10.5 Å². The smallest absolute Gasteiger partial charge is 0.414 e. The molecule has 2 atom stereocenters. The first kappa shape index (κ1) is 25.1. The molecule has 0 saturated heterocycles. The SMILES string of the molecule is CSCC[C@@H](C(=O)N(C(=O)[C@H](C)N)c1ccccc1)[N+](C)(C)C(=O)OC(C)(C)C. The number of ether oxygens (including phenoxy) is 1. The quantitative estimate of drug-likeness (QED) is 0.677. The molecule has 0 bridgehead atoms. The second-order valence-electron chi connectivity index (χ2n) is 8.45. The predicted molar refractivity (Wildman–Crippen MR) is 118 cm³/mol. The number of rotatable bonds is 7. The number of nitrogens with zero attached hydrogens (tertiary/aromatic N) is 2. The zero-order valence-corrected chi connectivity index (χ0v) is 19.3. The monoisotopic (exact) mass is 424 g/mol. The molecule has 162 valence electrons. The molecule has 0 radical (unpaired) electrons. The van der Waals surface area contributed by atoms with Gasteiger partial charge in [0.2, 0.25) is 0 Å². The van der Waals surface area contributed by atoms with E-state index in [9.17, 15) is 14.4 Å². The fourth-order valence-electron chi connectivity index (χ4n) is 2.75. The van der Waals surface area contributed by atoms with Gasteiger partial charge in [0, 0.05) is 6.42 Å². The number of imide groups is 1. The maximum absolute atomic E-state index is 13.6. The molecule has 0 spiro atoms. The van der Waals surface area contributed by atoms with E-state index < -0.39 is 35.6 Å². The average Bonchev–Trinajstić information content (AvgIpc) is 2.61. The Bertz CT molecular complexity index is 714. The lowest BCUT2D eigenvalue weighted by molar-refractivity contribution is -0.834. The van der Waals surface area contributed by atoms with Gasteiger partial charge in [-0.05, 0) is 51.8 Å². The van der Waals surface area contributed by atoms with Crippen molar-refractivity contribution in [3.8, 4) is 0 Å². The van der Waals surface area contributed by atoms with Crippen LogP contribution in [0.25, 0.3) is 0 Å². The van der Waals surface area contributed by atoms with Crippen LogP contribution < -0.4 is 10.6 Å². The molecule has 3 amide bonds. The van der Waals surface area contributed by atoms with E-state index in [0.717, 1.165) is 4.90 Å². The van der Waals surface area contributed by atoms with Crippen molar-refractivity contribution in [2.24, 2.45) is 5.73 Å². The van der Waals surface area contributed by atoms with Gasteiger partial charge in [0.05, 0.1) is 25.8 Å². The van der Waals surface area contributed by atoms with Gasteiger partial charge in [-0.1, -0.05) is 18.2 Å². The molecular formula is C21H34N3O4S+. The molecule has 1 aromatic rings. The molecular weight excluding hydrogens is 390 g/mol. The topological polar surface area (TPSA) is 89.7 Å². The van der Waals surface area contributed by atoms with Crippen molar-refractivity contribution < 1.29 is 23.6 Å². The fourth-order valence-corrected chi connectivity index (χ4v) is 3.21. The van der Waals surface area contributed by atoms with Gasteiger partial charge in [0.25, 0.3) is 11.8 Å². The first-order chi connectivity index (χ1) is 13.3. The molecule has 0 saturated carbocycles. The van der Waals surface area contributed by atoms with Crippen LogP contribution in [-0.2, 0) is 14.3 Å². The van der Waals surface area contributed by atoms with Crippen LogP contribution in [0, 0.1) is 0 Å². The molecule has 2 N–H and O–H groups in total. The van der Waals surface area contributed by atoms with Crippen molar-refractivity contribution >= 4 is 35.4 Å². The lowest BCUT2D eigenvalue weighted by Gasteiger charge is -2.37. The lowest BCUT2D eigenvalue weighted by atomic mass is 10.1. The number of likely N-dealkylation sites (N-methyl/N-ethyl adjacent to an activating group) is 1. The van der Waals surface area contributed by atoms with E-state index >= 15 is 0 Å². The number of carbonyl (C=O) groups excluding carboxylic acids is 3. The Labute approximate surface area is 178 Å². The van der Waals surface area contributed by atoms with Crippen LogP contribution in [0.5, 0.6) is 0 Å². The number of thioether (sulfide) groups is 1. The van der Waals surface area contributed by atoms with Crippen molar-refractivity contribution in [3.63, 3.8) is 0 Å². The molecule has 0 aromatic heterocycles. The Morgan fingerprint density at radius 1 is 1.14 bits per heavy atom. The molecule has 7 nitrogen and oxygen atoms in total. The van der Waals surface area contributed by atoms with E-state index in [2.05, 4.69) is 0 Å². The van der Waals surface area contributed by atoms with Gasteiger partial charge in [0.1, 0.15) is 5.60 Å². The van der Waals surface area contributed by atoms with Crippen LogP contribution >= 0.6 is 11.8 Å². The number of hydrogen-bond donors (Lipinski definition) is 1. The zero-order valence-electron chi connectivity index (χ0n) is 18.5. The molecule has 8 heteroatoms. The standard InChI is InChI=1S/C21H34N3O4S/c1-15(22)18(25)23(16-11-9-8-10-12-16)19(26)17(13-14-29-7)24(5,6)20(27)28-21(2,3)4/h8-12,15,17H,13-14,22H2,1-7H3/q+1/t15-,17-/m0/s1. The van der Waals surface area contributed by atoms with Crippen LogP contribution in [0.15, 0.2) is 30.3 Å². The largest absolute Gasteiger partial charge is 0.516 e. The summed E-state index contributed by atoms with van der Waals surface area (Å²) in [5.74, 6) is -0.335. The summed E-state index contributed by atoms with van der Waals surface area (Å²) in [6, 6.07) is 6.98. The minimum absolute atomic E-state index is 0.327. The molecule has 0 fully saturated rings. The zero-order chi connectivity index (χ0) is 22.4. The molecule has 0 aliphatic heterocycles. The third-order valence-corrected chi connectivity index (χ3v) is 5.01. The average molecular weight is 425 g/mol. The highest BCUT2D eigenvalue weighted by Crippen LogP contribution is 2.24. The summed E-state index contributed by atoms with van der Waals surface area (Å²) >= 11 is 1.57. The Hall–Kier alpha value is -1.90. The molecule has 0 aliphatic rings. The third kappa shape index (κ3) is 6.83. The normalized spacial score (nSPS) is 14.1. The second kappa shape index (κ2) is 10.2. The summed E-state index contributed by atoms with van der Waals surface area (Å²) in [5.41, 5.74) is 5.55. The maximum Gasteiger partial charge on any atom is 0.516 e. The lowest BCUT2D eigenvalue weighted by Crippen LogP contribution is -2.63. The number of benzene rings is 1. The minimum atomic E-state index is -0.863. The van der Waals surface area contributed by atoms with Crippen molar-refractivity contribution in [3.05, 3.63) is 30.3 Å². The van der Waals surface area contributed by atoms with Gasteiger partial charge < -0.3 is 10.5 Å². The fraction of sp³-hybridized carbons (Fsp3) is 0.571. The van der Waals surface area contributed by atoms with Crippen molar-refractivity contribution in [1.82, 2.24) is 0 Å². The van der Waals surface area contributed by atoms with Crippen molar-refractivity contribution in [2.75, 3.05) is 31.0 Å². The van der Waals surface area contributed by atoms with Gasteiger partial charge in [-0.25, -0.2) is 9.38 Å². The first-order valence-electron chi connectivity index (χ1n) is 9.57. The van der Waals surface area contributed by atoms with E-state index in [1.165, 1.54) is 6.92 Å². The molecule has 0 heterocycles. The number of nitrogens with two attached hydrogens (primary N) is 1. The Morgan fingerprint density at radius 3 is 2.14 bits per heavy atom. The van der Waals surface area contributed by atoms with Crippen molar-refractivity contribution in [2.45, 2.75) is 51.8 Å². The van der Waals surface area contributed by atoms with Crippen LogP contribution in [0.3, 0.4) is 0 Å². The Morgan fingerprint density at radius 2 is 1.69 bits per heavy atom. The molecule has 1 rings (SSSR count). The second-order valence-corrected chi connectivity index (χ2v) is 9.44. The number of para-hydroxylation sites is 1. The highest BCUT2D eigenvalue weighted by atomic mass is 32.2. The predicted octanol–water partition coefficient (Wildman–Crippen LogP) is 3.03. The highest BCUT2D eigenvalue weighted by molar-refractivity contribution is 7.98. The summed E-state index contributed by atoms with van der Waals surface area (Å²) in [7, 11) is 3.27. The summed E-state index contributed by atoms with van der Waals surface area (Å²) in [4.78, 5) is 40.5. The molecule has 29 heavy (non-hydrogen) atoms.